The number of carbonyl (C=O) groups is 7. The van der Waals surface area contributed by atoms with E-state index < -0.39 is 128 Å². The van der Waals surface area contributed by atoms with Crippen LogP contribution in [0.2, 0.25) is 0 Å². The molecule has 20 heteroatoms. The molecule has 0 aromatic carbocycles. The van der Waals surface area contributed by atoms with Crippen molar-refractivity contribution in [3.63, 3.8) is 0 Å². The number of rotatable bonds is 13. The summed E-state index contributed by atoms with van der Waals surface area (Å²) in [7, 11) is 0. The fraction of sp³-hybridized carbons (Fsp3) is 0.868. The second-order valence-corrected chi connectivity index (χ2v) is 22.9. The molecule has 8 rings (SSSR count). The van der Waals surface area contributed by atoms with Gasteiger partial charge < -0.3 is 61.6 Å². The molecule has 4 saturated carbocycles. The van der Waals surface area contributed by atoms with Crippen molar-refractivity contribution in [1.82, 2.24) is 0 Å². The number of carbonyl (C=O) groups excluding carboxylic acids is 7. The van der Waals surface area contributed by atoms with Crippen LogP contribution < -0.4 is 0 Å². The summed E-state index contributed by atoms with van der Waals surface area (Å²) < 4.78 is 79.6. The van der Waals surface area contributed by atoms with Crippen LogP contribution in [-0.4, -0.2) is 141 Å². The predicted molar refractivity (Wildman–Crippen MR) is 250 cm³/mol. The molecule has 0 amide bonds. The summed E-state index contributed by atoms with van der Waals surface area (Å²) >= 11 is 0. The van der Waals surface area contributed by atoms with Crippen molar-refractivity contribution in [2.75, 3.05) is 19.8 Å². The molecule has 0 bridgehead atoms. The zero-order valence-electron chi connectivity index (χ0n) is 44.3. The van der Waals surface area contributed by atoms with Crippen molar-refractivity contribution in [3.05, 3.63) is 0 Å². The van der Waals surface area contributed by atoms with E-state index in [1.54, 1.807) is 0 Å². The van der Waals surface area contributed by atoms with E-state index in [-0.39, 0.29) is 22.9 Å². The minimum absolute atomic E-state index is 0.0222. The Morgan fingerprint density at radius 2 is 1.04 bits per heavy atom. The molecule has 0 aromatic rings. The highest BCUT2D eigenvalue weighted by molar-refractivity contribution is 5.69. The van der Waals surface area contributed by atoms with Gasteiger partial charge in [-0.3, -0.25) is 33.6 Å². The van der Waals surface area contributed by atoms with E-state index in [4.69, 9.17) is 61.6 Å². The van der Waals surface area contributed by atoms with E-state index in [1.807, 2.05) is 0 Å². The van der Waals surface area contributed by atoms with Gasteiger partial charge in [-0.1, -0.05) is 27.7 Å². The zero-order valence-corrected chi connectivity index (χ0v) is 44.3. The summed E-state index contributed by atoms with van der Waals surface area (Å²) in [6, 6.07) is 0. The highest BCUT2D eigenvalue weighted by Gasteiger charge is 2.69. The first kappa shape index (κ1) is 55.3. The van der Waals surface area contributed by atoms with Crippen LogP contribution in [0.15, 0.2) is 0 Å². The molecule has 8 aliphatic rings. The first-order valence-corrected chi connectivity index (χ1v) is 26.5. The highest BCUT2D eigenvalue weighted by atomic mass is 16.8. The Labute approximate surface area is 427 Å². The van der Waals surface area contributed by atoms with Crippen molar-refractivity contribution in [2.45, 2.75) is 220 Å². The fourth-order valence-electron chi connectivity index (χ4n) is 15.1. The van der Waals surface area contributed by atoms with Crippen LogP contribution in [0.5, 0.6) is 0 Å². The predicted octanol–water partition coefficient (Wildman–Crippen LogP) is 5.44. The lowest BCUT2D eigenvalue weighted by Gasteiger charge is -2.61. The third-order valence-corrected chi connectivity index (χ3v) is 18.1. The van der Waals surface area contributed by atoms with Crippen LogP contribution in [0.1, 0.15) is 140 Å². The smallest absolute Gasteiger partial charge is 0.303 e. The molecule has 410 valence electrons. The number of ether oxygens (including phenoxy) is 13. The Morgan fingerprint density at radius 1 is 0.521 bits per heavy atom. The lowest BCUT2D eigenvalue weighted by molar-refractivity contribution is -0.374. The largest absolute Gasteiger partial charge is 0.463 e. The molecule has 4 aliphatic carbocycles. The standard InChI is InChI=1S/C53H78O20/c1-25-14-19-53(63-22-25)26(2)42-39(73-53)21-38-36-13-12-34-20-35(15-17-51(34,10)37(36)16-18-52(38,42)11)69-49-48(46(67-32(8)59)44(65-30(6)57)40(70-49)23-61-27(3)54)72-50-47(68-33(9)60)45(66-31(7)58)43(64-29(5)56)41(71-50)24-62-28(4)55/h25-26,34-50H,12-24H2,1-11H3/t25-,26-,34+,35-,36+,37-,38-,39-,40+,41+,42-,43-,44+,45-,46-,47+,48+,49+,50-,51-,52-,53+/m0/s1. The first-order valence-electron chi connectivity index (χ1n) is 26.5. The second kappa shape index (κ2) is 22.0. The van der Waals surface area contributed by atoms with Crippen LogP contribution in [0.3, 0.4) is 0 Å². The summed E-state index contributed by atoms with van der Waals surface area (Å²) in [6.45, 7) is 17.3. The van der Waals surface area contributed by atoms with Crippen molar-refractivity contribution < 1.29 is 95.1 Å². The molecule has 4 heterocycles. The highest BCUT2D eigenvalue weighted by Crippen LogP contribution is 2.71. The van der Waals surface area contributed by atoms with Crippen LogP contribution >= 0.6 is 0 Å². The number of fused-ring (bicyclic) bond motifs is 7. The van der Waals surface area contributed by atoms with Gasteiger partial charge in [0, 0.05) is 60.8 Å². The molecule has 22 atom stereocenters. The quantitative estimate of drug-likeness (QED) is 0.127. The molecular formula is C53H78O20. The minimum atomic E-state index is -1.77. The maximum atomic E-state index is 13.1. The summed E-state index contributed by atoms with van der Waals surface area (Å²) in [5.74, 6) is -2.78. The minimum Gasteiger partial charge on any atom is -0.463 e. The Hall–Kier alpha value is -3.95. The lowest BCUT2D eigenvalue weighted by atomic mass is 9.44. The number of hydrogen-bond donors (Lipinski definition) is 0. The van der Waals surface area contributed by atoms with Gasteiger partial charge in [0.05, 0.1) is 18.8 Å². The topological polar surface area (TPSA) is 239 Å². The van der Waals surface area contributed by atoms with Crippen molar-refractivity contribution in [3.8, 4) is 0 Å². The van der Waals surface area contributed by atoms with Crippen LogP contribution in [0.25, 0.3) is 0 Å². The van der Waals surface area contributed by atoms with Gasteiger partial charge in [-0.25, -0.2) is 0 Å². The van der Waals surface area contributed by atoms with Gasteiger partial charge in [-0.15, -0.1) is 0 Å². The zero-order chi connectivity index (χ0) is 52.9. The molecule has 0 radical (unpaired) electrons. The first-order chi connectivity index (χ1) is 34.4. The lowest BCUT2D eigenvalue weighted by Crippen LogP contribution is -2.67. The summed E-state index contributed by atoms with van der Waals surface area (Å²) in [6.07, 6.45) is -5.78. The molecule has 4 aliphatic heterocycles. The SMILES string of the molecule is CC(=O)OC[C@H]1O[C@@H](O[C@H]2[C@H](O[C@H]3CC[C@@]4(C)[C@H](CC[C@@H]5[C@@H]4CC[C@]4(C)[C@@H]6[C@H](C[C@@H]54)O[C@]4(CC[C@H](C)CO4)[C@H]6C)C3)O[C@H](COC(C)=O)[C@@H](OC(C)=O)[C@@H]2OC(C)=O)[C@H](OC(C)=O)[C@@H](OC(C)=O)[C@H]1OC(C)=O. The van der Waals surface area contributed by atoms with Gasteiger partial charge in [0.1, 0.15) is 25.4 Å². The maximum Gasteiger partial charge on any atom is 0.303 e. The van der Waals surface area contributed by atoms with Crippen LogP contribution in [0, 0.1) is 52.3 Å². The van der Waals surface area contributed by atoms with E-state index in [0.717, 1.165) is 99.5 Å². The van der Waals surface area contributed by atoms with E-state index in [1.165, 1.54) is 6.92 Å². The van der Waals surface area contributed by atoms with E-state index >= 15 is 0 Å². The second-order valence-electron chi connectivity index (χ2n) is 22.9. The van der Waals surface area contributed by atoms with E-state index in [9.17, 15) is 33.6 Å². The molecule has 73 heavy (non-hydrogen) atoms. The third-order valence-electron chi connectivity index (χ3n) is 18.1. The summed E-state index contributed by atoms with van der Waals surface area (Å²) in [5.41, 5.74) is 0.189. The molecular weight excluding hydrogens is 957 g/mol. The normalized spacial score (nSPS) is 44.7. The Bertz CT molecular complexity index is 2070. The van der Waals surface area contributed by atoms with Crippen molar-refractivity contribution >= 4 is 41.8 Å². The van der Waals surface area contributed by atoms with Crippen molar-refractivity contribution in [1.29, 1.82) is 0 Å². The average molecular weight is 1040 g/mol. The van der Waals surface area contributed by atoms with Gasteiger partial charge in [0.2, 0.25) is 0 Å². The van der Waals surface area contributed by atoms with Gasteiger partial charge in [-0.05, 0) is 104 Å². The molecule has 8 fully saturated rings. The van der Waals surface area contributed by atoms with Crippen molar-refractivity contribution in [2.24, 2.45) is 52.3 Å². The Morgan fingerprint density at radius 3 is 1.58 bits per heavy atom. The third kappa shape index (κ3) is 11.3. The molecule has 0 N–H and O–H groups in total. The molecule has 1 spiro atoms. The van der Waals surface area contributed by atoms with Crippen LogP contribution in [-0.2, 0) is 95.1 Å². The fourth-order valence-corrected chi connectivity index (χ4v) is 15.1. The monoisotopic (exact) mass is 1030 g/mol. The summed E-state index contributed by atoms with van der Waals surface area (Å²) in [4.78, 5) is 88.3. The Kier molecular flexibility index (Phi) is 16.6. The number of hydrogen-bond acceptors (Lipinski definition) is 20. The van der Waals surface area contributed by atoms with Gasteiger partial charge >= 0.3 is 41.8 Å². The van der Waals surface area contributed by atoms with Gasteiger partial charge in [-0.2, -0.15) is 0 Å². The molecule has 4 saturated heterocycles. The summed E-state index contributed by atoms with van der Waals surface area (Å²) in [5, 5.41) is 0. The number of esters is 7. The van der Waals surface area contributed by atoms with E-state index in [2.05, 4.69) is 27.7 Å². The average Bonchev–Trinajstić information content (AvgIpc) is 3.75. The van der Waals surface area contributed by atoms with Gasteiger partial charge in [0.25, 0.3) is 0 Å². The maximum absolute atomic E-state index is 13.1. The van der Waals surface area contributed by atoms with Gasteiger partial charge in [0.15, 0.2) is 55.0 Å². The molecule has 0 aromatic heterocycles. The Balaban J connectivity index is 1.07. The van der Waals surface area contributed by atoms with E-state index in [0.29, 0.717) is 48.3 Å². The van der Waals surface area contributed by atoms with Crippen LogP contribution in [0.4, 0.5) is 0 Å². The molecule has 20 nitrogen and oxygen atoms in total. The molecule has 0 unspecified atom stereocenters.